The van der Waals surface area contributed by atoms with E-state index >= 15 is 0 Å². The third-order valence-electron chi connectivity index (χ3n) is 4.09. The van der Waals surface area contributed by atoms with E-state index in [9.17, 15) is 9.59 Å². The number of para-hydroxylation sites is 1. The normalized spacial score (nSPS) is 10.4. The van der Waals surface area contributed by atoms with Gasteiger partial charge in [-0.15, -0.1) is 0 Å². The highest BCUT2D eigenvalue weighted by atomic mass is 79.9. The molecule has 6 nitrogen and oxygen atoms in total. The van der Waals surface area contributed by atoms with Gasteiger partial charge in [0.2, 0.25) is 5.91 Å². The molecule has 0 saturated heterocycles. The van der Waals surface area contributed by atoms with Crippen molar-refractivity contribution < 1.29 is 18.7 Å². The quantitative estimate of drug-likeness (QED) is 0.533. The van der Waals surface area contributed by atoms with E-state index in [4.69, 9.17) is 9.15 Å². The predicted molar refractivity (Wildman–Crippen MR) is 114 cm³/mol. The summed E-state index contributed by atoms with van der Waals surface area (Å²) in [5, 5.41) is 5.34. The molecule has 7 heteroatoms. The Kier molecular flexibility index (Phi) is 7.08. The van der Waals surface area contributed by atoms with E-state index in [0.29, 0.717) is 23.7 Å². The third-order valence-corrected chi connectivity index (χ3v) is 4.62. The first-order valence-corrected chi connectivity index (χ1v) is 9.97. The Hall–Kier alpha value is -3.06. The molecule has 150 valence electrons. The Morgan fingerprint density at radius 1 is 1.00 bits per heavy atom. The van der Waals surface area contributed by atoms with E-state index in [-0.39, 0.29) is 24.9 Å². The average molecular weight is 457 g/mol. The van der Waals surface area contributed by atoms with Crippen LogP contribution in [0.4, 0.5) is 0 Å². The highest BCUT2D eigenvalue weighted by Gasteiger charge is 2.13. The summed E-state index contributed by atoms with van der Waals surface area (Å²) >= 11 is 3.40. The molecular weight excluding hydrogens is 436 g/mol. The van der Waals surface area contributed by atoms with Gasteiger partial charge in [0.1, 0.15) is 17.3 Å². The molecule has 0 radical (unpaired) electrons. The second-order valence-corrected chi connectivity index (χ2v) is 7.08. The van der Waals surface area contributed by atoms with Gasteiger partial charge in [-0.3, -0.25) is 9.59 Å². The highest BCUT2D eigenvalue weighted by molar-refractivity contribution is 9.10. The lowest BCUT2D eigenvalue weighted by Gasteiger charge is -2.10. The van der Waals surface area contributed by atoms with Crippen molar-refractivity contribution in [3.8, 4) is 17.1 Å². The van der Waals surface area contributed by atoms with Crippen LogP contribution in [0.15, 0.2) is 69.6 Å². The van der Waals surface area contributed by atoms with Gasteiger partial charge in [-0.25, -0.2) is 0 Å². The number of hydrogen-bond acceptors (Lipinski definition) is 4. The SMILES string of the molecule is CCOc1ccccc1C(=O)NCC(=O)NCc1ccc(-c2ccc(Br)cc2)o1. The smallest absolute Gasteiger partial charge is 0.255 e. The first-order chi connectivity index (χ1) is 14.1. The Labute approximate surface area is 177 Å². The fourth-order valence-corrected chi connectivity index (χ4v) is 2.95. The van der Waals surface area contributed by atoms with Crippen molar-refractivity contribution in [1.82, 2.24) is 10.6 Å². The van der Waals surface area contributed by atoms with Crippen LogP contribution in [0.2, 0.25) is 0 Å². The van der Waals surface area contributed by atoms with Crippen molar-refractivity contribution in [2.75, 3.05) is 13.2 Å². The minimum Gasteiger partial charge on any atom is -0.493 e. The number of nitrogens with one attached hydrogen (secondary N) is 2. The molecule has 0 bridgehead atoms. The van der Waals surface area contributed by atoms with Gasteiger partial charge in [0, 0.05) is 10.0 Å². The molecule has 0 aliphatic rings. The first kappa shape index (κ1) is 20.7. The molecule has 3 rings (SSSR count). The van der Waals surface area contributed by atoms with Crippen LogP contribution < -0.4 is 15.4 Å². The maximum absolute atomic E-state index is 12.3. The van der Waals surface area contributed by atoms with Crippen LogP contribution in [-0.4, -0.2) is 25.0 Å². The number of amides is 2. The standard InChI is InChI=1S/C22H21BrN2O4/c1-2-28-20-6-4-3-5-18(20)22(27)25-14-21(26)24-13-17-11-12-19(29-17)15-7-9-16(23)10-8-15/h3-12H,2,13-14H2,1H3,(H,24,26)(H,25,27). The summed E-state index contributed by atoms with van der Waals surface area (Å²) in [6.45, 7) is 2.40. The van der Waals surface area contributed by atoms with Crippen molar-refractivity contribution in [2.24, 2.45) is 0 Å². The zero-order valence-corrected chi connectivity index (χ0v) is 17.5. The Balaban J connectivity index is 1.49. The number of rotatable bonds is 8. The third kappa shape index (κ3) is 5.71. The van der Waals surface area contributed by atoms with E-state index < -0.39 is 0 Å². The number of benzene rings is 2. The minimum atomic E-state index is -0.361. The Morgan fingerprint density at radius 3 is 2.52 bits per heavy atom. The predicted octanol–water partition coefficient (Wildman–Crippen LogP) is 4.15. The number of carbonyl (C=O) groups excluding carboxylic acids is 2. The molecule has 1 heterocycles. The number of hydrogen-bond donors (Lipinski definition) is 2. The minimum absolute atomic E-state index is 0.139. The van der Waals surface area contributed by atoms with Gasteiger partial charge >= 0.3 is 0 Å². The molecule has 2 aromatic carbocycles. The summed E-state index contributed by atoms with van der Waals surface area (Å²) in [5.41, 5.74) is 1.35. The van der Waals surface area contributed by atoms with Crippen molar-refractivity contribution in [2.45, 2.75) is 13.5 Å². The molecule has 29 heavy (non-hydrogen) atoms. The molecule has 0 atom stereocenters. The molecule has 2 N–H and O–H groups in total. The van der Waals surface area contributed by atoms with Crippen LogP contribution >= 0.6 is 15.9 Å². The Morgan fingerprint density at radius 2 is 1.76 bits per heavy atom. The molecule has 0 saturated carbocycles. The maximum Gasteiger partial charge on any atom is 0.255 e. The molecule has 2 amide bonds. The van der Waals surface area contributed by atoms with Gasteiger partial charge in [-0.1, -0.05) is 40.2 Å². The molecule has 0 aliphatic heterocycles. The number of ether oxygens (including phenoxy) is 1. The van der Waals surface area contributed by atoms with E-state index in [1.807, 2.05) is 43.3 Å². The summed E-state index contributed by atoms with van der Waals surface area (Å²) in [5.74, 6) is 1.17. The van der Waals surface area contributed by atoms with E-state index in [0.717, 1.165) is 15.8 Å². The topological polar surface area (TPSA) is 80.6 Å². The van der Waals surface area contributed by atoms with Crippen LogP contribution in [0.5, 0.6) is 5.75 Å². The van der Waals surface area contributed by atoms with E-state index in [1.165, 1.54) is 0 Å². The van der Waals surface area contributed by atoms with E-state index in [2.05, 4.69) is 26.6 Å². The largest absolute Gasteiger partial charge is 0.493 e. The van der Waals surface area contributed by atoms with E-state index in [1.54, 1.807) is 24.3 Å². The number of furan rings is 1. The summed E-state index contributed by atoms with van der Waals surface area (Å²) in [7, 11) is 0. The van der Waals surface area contributed by atoms with Crippen molar-refractivity contribution >= 4 is 27.7 Å². The summed E-state index contributed by atoms with van der Waals surface area (Å²) in [6.07, 6.45) is 0. The summed E-state index contributed by atoms with van der Waals surface area (Å²) in [6, 6.07) is 18.4. The van der Waals surface area contributed by atoms with Gasteiger partial charge in [0.05, 0.1) is 25.3 Å². The number of halogens is 1. The molecule has 1 aromatic heterocycles. The van der Waals surface area contributed by atoms with Crippen LogP contribution in [-0.2, 0) is 11.3 Å². The lowest BCUT2D eigenvalue weighted by molar-refractivity contribution is -0.120. The molecule has 0 spiro atoms. The monoisotopic (exact) mass is 456 g/mol. The lowest BCUT2D eigenvalue weighted by atomic mass is 10.2. The van der Waals surface area contributed by atoms with Gasteiger partial charge in [0.25, 0.3) is 5.91 Å². The summed E-state index contributed by atoms with van der Waals surface area (Å²) in [4.78, 5) is 24.4. The van der Waals surface area contributed by atoms with Crippen LogP contribution in [0.3, 0.4) is 0 Å². The van der Waals surface area contributed by atoms with Gasteiger partial charge in [0.15, 0.2) is 0 Å². The zero-order valence-electron chi connectivity index (χ0n) is 15.9. The van der Waals surface area contributed by atoms with Crippen molar-refractivity contribution in [3.05, 3.63) is 76.5 Å². The Bertz CT molecular complexity index is 982. The van der Waals surface area contributed by atoms with Crippen molar-refractivity contribution in [1.29, 1.82) is 0 Å². The van der Waals surface area contributed by atoms with Crippen LogP contribution in [0, 0.1) is 0 Å². The fourth-order valence-electron chi connectivity index (χ4n) is 2.68. The van der Waals surface area contributed by atoms with Gasteiger partial charge in [-0.05, 0) is 43.3 Å². The number of carbonyl (C=O) groups is 2. The molecule has 0 unspecified atom stereocenters. The second kappa shape index (κ2) is 9.93. The van der Waals surface area contributed by atoms with Crippen molar-refractivity contribution in [3.63, 3.8) is 0 Å². The average Bonchev–Trinajstić information content (AvgIpc) is 3.21. The fraction of sp³-hybridized carbons (Fsp3) is 0.182. The summed E-state index contributed by atoms with van der Waals surface area (Å²) < 4.78 is 12.2. The highest BCUT2D eigenvalue weighted by Crippen LogP contribution is 2.24. The molecule has 0 fully saturated rings. The van der Waals surface area contributed by atoms with Crippen LogP contribution in [0.25, 0.3) is 11.3 Å². The second-order valence-electron chi connectivity index (χ2n) is 6.16. The van der Waals surface area contributed by atoms with Gasteiger partial charge in [-0.2, -0.15) is 0 Å². The van der Waals surface area contributed by atoms with Gasteiger partial charge < -0.3 is 19.8 Å². The molecule has 3 aromatic rings. The molecular formula is C22H21BrN2O4. The first-order valence-electron chi connectivity index (χ1n) is 9.18. The maximum atomic E-state index is 12.3. The lowest BCUT2D eigenvalue weighted by Crippen LogP contribution is -2.36. The zero-order chi connectivity index (χ0) is 20.6. The van der Waals surface area contributed by atoms with Crippen LogP contribution in [0.1, 0.15) is 23.0 Å². The molecule has 0 aliphatic carbocycles.